The molecule has 6 heteroatoms. The summed E-state index contributed by atoms with van der Waals surface area (Å²) >= 11 is 1.84. The van der Waals surface area contributed by atoms with E-state index in [1.54, 1.807) is 0 Å². The molecule has 0 saturated heterocycles. The molecule has 0 aromatic carbocycles. The summed E-state index contributed by atoms with van der Waals surface area (Å²) in [6.45, 7) is 11.6. The van der Waals surface area contributed by atoms with Crippen LogP contribution in [0, 0.1) is 0 Å². The molecule has 0 saturated carbocycles. The van der Waals surface area contributed by atoms with Gasteiger partial charge in [-0.25, -0.2) is 5.84 Å². The van der Waals surface area contributed by atoms with Gasteiger partial charge in [0.05, 0.1) is 0 Å². The molecule has 0 spiro atoms. The Bertz CT molecular complexity index is 407. The average molecular weight is 388 g/mol. The van der Waals surface area contributed by atoms with Gasteiger partial charge in [-0.3, -0.25) is 15.0 Å². The van der Waals surface area contributed by atoms with E-state index in [0.29, 0.717) is 18.9 Å². The number of rotatable bonds is 15. The molecule has 0 radical (unpaired) electrons. The van der Waals surface area contributed by atoms with Crippen LogP contribution in [0.1, 0.15) is 92.4 Å². The van der Waals surface area contributed by atoms with Gasteiger partial charge in [-0.05, 0) is 26.2 Å². The number of unbranched alkanes of at least 4 members (excludes halogenated alkanes) is 2. The Hall–Kier alpha value is -0.750. The molecule has 0 bridgehead atoms. The lowest BCUT2D eigenvalue weighted by Gasteiger charge is -2.35. The number of carbonyl (C=O) groups excluding carboxylic acids is 2. The summed E-state index contributed by atoms with van der Waals surface area (Å²) in [7, 11) is 0. The van der Waals surface area contributed by atoms with Crippen LogP contribution in [0.4, 0.5) is 0 Å². The second-order valence-corrected chi connectivity index (χ2v) is 9.08. The molecule has 0 aliphatic rings. The Kier molecular flexibility index (Phi) is 13.9. The van der Waals surface area contributed by atoms with E-state index in [2.05, 4.69) is 38.0 Å². The number of nitrogens with two attached hydrogens (primary N) is 1. The van der Waals surface area contributed by atoms with E-state index in [1.165, 1.54) is 6.42 Å². The van der Waals surface area contributed by atoms with Crippen molar-refractivity contribution in [3.05, 3.63) is 0 Å². The molecule has 2 amide bonds. The van der Waals surface area contributed by atoms with E-state index >= 15 is 0 Å². The average Bonchev–Trinajstić information content (AvgIpc) is 2.64. The van der Waals surface area contributed by atoms with E-state index < -0.39 is 0 Å². The van der Waals surface area contributed by atoms with Crippen molar-refractivity contribution >= 4 is 23.6 Å². The van der Waals surface area contributed by atoms with E-state index in [9.17, 15) is 9.59 Å². The van der Waals surface area contributed by atoms with Gasteiger partial charge in [0.15, 0.2) is 0 Å². The van der Waals surface area contributed by atoms with E-state index in [1.807, 2.05) is 18.7 Å². The summed E-state index contributed by atoms with van der Waals surface area (Å²) in [6.07, 6.45) is 8.78. The highest BCUT2D eigenvalue weighted by molar-refractivity contribution is 8.00. The fourth-order valence-electron chi connectivity index (χ4n) is 3.09. The molecular formula is C20H41N3O2S. The molecule has 2 atom stereocenters. The molecular weight excluding hydrogens is 346 g/mol. The summed E-state index contributed by atoms with van der Waals surface area (Å²) < 4.78 is 0.0850. The van der Waals surface area contributed by atoms with Crippen molar-refractivity contribution in [2.45, 2.75) is 103 Å². The lowest BCUT2D eigenvalue weighted by molar-refractivity contribution is -0.133. The standard InChI is InChI=1S/C20H41N3O2S/c1-6-9-11-17(4)23(19(25)8-3)15-14-20(5,13-10-7-2)26-16-12-18(24)22-21/h17H,6-16,21H2,1-5H3,(H,22,24). The Morgan fingerprint density at radius 2 is 1.81 bits per heavy atom. The van der Waals surface area contributed by atoms with E-state index in [-0.39, 0.29) is 16.6 Å². The molecule has 0 aliphatic heterocycles. The summed E-state index contributed by atoms with van der Waals surface area (Å²) in [5.74, 6) is 6.06. The fraction of sp³-hybridized carbons (Fsp3) is 0.900. The molecule has 5 nitrogen and oxygen atoms in total. The highest BCUT2D eigenvalue weighted by atomic mass is 32.2. The van der Waals surface area contributed by atoms with Crippen LogP contribution in [0.15, 0.2) is 0 Å². The van der Waals surface area contributed by atoms with Gasteiger partial charge < -0.3 is 4.90 Å². The largest absolute Gasteiger partial charge is 0.340 e. The first kappa shape index (κ1) is 25.2. The molecule has 0 aromatic rings. The zero-order chi connectivity index (χ0) is 20.0. The Labute approximate surface area is 165 Å². The van der Waals surface area contributed by atoms with Crippen LogP contribution in [-0.2, 0) is 9.59 Å². The van der Waals surface area contributed by atoms with Crippen molar-refractivity contribution in [1.29, 1.82) is 0 Å². The lowest BCUT2D eigenvalue weighted by Crippen LogP contribution is -2.41. The maximum absolute atomic E-state index is 12.4. The number of hydrazine groups is 1. The maximum atomic E-state index is 12.4. The van der Waals surface area contributed by atoms with Crippen LogP contribution in [0.5, 0.6) is 0 Å². The van der Waals surface area contributed by atoms with Gasteiger partial charge >= 0.3 is 0 Å². The predicted octanol–water partition coefficient (Wildman–Crippen LogP) is 4.26. The fourth-order valence-corrected chi connectivity index (χ4v) is 4.39. The molecule has 0 fully saturated rings. The van der Waals surface area contributed by atoms with Crippen LogP contribution >= 0.6 is 11.8 Å². The number of nitrogens with zero attached hydrogens (tertiary/aromatic N) is 1. The quantitative estimate of drug-likeness (QED) is 0.250. The van der Waals surface area contributed by atoms with Crippen LogP contribution in [0.25, 0.3) is 0 Å². The molecule has 0 aromatic heterocycles. The summed E-state index contributed by atoms with van der Waals surface area (Å²) in [5.41, 5.74) is 2.20. The third kappa shape index (κ3) is 10.4. The topological polar surface area (TPSA) is 75.4 Å². The molecule has 0 heterocycles. The molecule has 154 valence electrons. The van der Waals surface area contributed by atoms with Crippen molar-refractivity contribution in [1.82, 2.24) is 10.3 Å². The third-order valence-electron chi connectivity index (χ3n) is 5.01. The Morgan fingerprint density at radius 1 is 1.15 bits per heavy atom. The summed E-state index contributed by atoms with van der Waals surface area (Å²) in [4.78, 5) is 25.9. The van der Waals surface area contributed by atoms with Crippen LogP contribution in [-0.4, -0.2) is 39.8 Å². The van der Waals surface area contributed by atoms with E-state index in [4.69, 9.17) is 5.84 Å². The molecule has 26 heavy (non-hydrogen) atoms. The first-order chi connectivity index (χ1) is 12.3. The highest BCUT2D eigenvalue weighted by Crippen LogP contribution is 2.35. The zero-order valence-electron chi connectivity index (χ0n) is 17.6. The molecule has 0 rings (SSSR count). The predicted molar refractivity (Wildman–Crippen MR) is 113 cm³/mol. The number of nitrogens with one attached hydrogen (secondary N) is 1. The highest BCUT2D eigenvalue weighted by Gasteiger charge is 2.27. The monoisotopic (exact) mass is 387 g/mol. The second kappa shape index (κ2) is 14.3. The number of thioether (sulfide) groups is 1. The van der Waals surface area contributed by atoms with Crippen LogP contribution in [0.3, 0.4) is 0 Å². The summed E-state index contributed by atoms with van der Waals surface area (Å²) in [6, 6.07) is 0.297. The zero-order valence-corrected chi connectivity index (χ0v) is 18.4. The molecule has 2 unspecified atom stereocenters. The van der Waals surface area contributed by atoms with Crippen LogP contribution in [0.2, 0.25) is 0 Å². The lowest BCUT2D eigenvalue weighted by atomic mass is 9.98. The minimum Gasteiger partial charge on any atom is -0.340 e. The van der Waals surface area contributed by atoms with Gasteiger partial charge in [0, 0.05) is 35.9 Å². The maximum Gasteiger partial charge on any atom is 0.234 e. The minimum absolute atomic E-state index is 0.0850. The van der Waals surface area contributed by atoms with E-state index in [0.717, 1.165) is 50.8 Å². The van der Waals surface area contributed by atoms with Gasteiger partial charge in [0.25, 0.3) is 0 Å². The SMILES string of the molecule is CCCCC(C)N(CCC(C)(CCCC)SCCC(=O)NN)C(=O)CC. The van der Waals surface area contributed by atoms with Crippen molar-refractivity contribution in [3.8, 4) is 0 Å². The Balaban J connectivity index is 4.85. The molecule has 3 N–H and O–H groups in total. The van der Waals surface area contributed by atoms with Gasteiger partial charge in [-0.2, -0.15) is 11.8 Å². The molecule has 0 aliphatic carbocycles. The van der Waals surface area contributed by atoms with Gasteiger partial charge in [0.2, 0.25) is 11.8 Å². The smallest absolute Gasteiger partial charge is 0.234 e. The van der Waals surface area contributed by atoms with Gasteiger partial charge in [-0.15, -0.1) is 0 Å². The van der Waals surface area contributed by atoms with Gasteiger partial charge in [-0.1, -0.05) is 53.4 Å². The van der Waals surface area contributed by atoms with Crippen molar-refractivity contribution in [2.75, 3.05) is 12.3 Å². The number of hydrogen-bond donors (Lipinski definition) is 2. The normalized spacial score (nSPS) is 14.5. The van der Waals surface area contributed by atoms with Crippen LogP contribution < -0.4 is 11.3 Å². The number of hydrogen-bond acceptors (Lipinski definition) is 4. The van der Waals surface area contributed by atoms with Crippen molar-refractivity contribution < 1.29 is 9.59 Å². The Morgan fingerprint density at radius 3 is 2.35 bits per heavy atom. The number of carbonyl (C=O) groups is 2. The first-order valence-electron chi connectivity index (χ1n) is 10.3. The third-order valence-corrected chi connectivity index (χ3v) is 6.53. The second-order valence-electron chi connectivity index (χ2n) is 7.40. The minimum atomic E-state index is -0.119. The summed E-state index contributed by atoms with van der Waals surface area (Å²) in [5, 5.41) is 0. The van der Waals surface area contributed by atoms with Crippen molar-refractivity contribution in [3.63, 3.8) is 0 Å². The number of amides is 2. The first-order valence-corrected chi connectivity index (χ1v) is 11.2. The van der Waals surface area contributed by atoms with Gasteiger partial charge in [0.1, 0.15) is 0 Å². The van der Waals surface area contributed by atoms with Crippen molar-refractivity contribution in [2.24, 2.45) is 5.84 Å².